The Labute approximate surface area is 86.6 Å². The summed E-state index contributed by atoms with van der Waals surface area (Å²) < 4.78 is 5.40. The molecule has 0 aliphatic rings. The van der Waals surface area contributed by atoms with Crippen LogP contribution in [0, 0.1) is 5.41 Å². The van der Waals surface area contributed by atoms with Gasteiger partial charge in [-0.1, -0.05) is 13.5 Å². The van der Waals surface area contributed by atoms with Crippen molar-refractivity contribution in [3.8, 4) is 0 Å². The lowest BCUT2D eigenvalue weighted by atomic mass is 9.96. The molecular weight excluding hydrogens is 176 g/mol. The first-order chi connectivity index (χ1) is 6.25. The number of hydrogen-bond acceptors (Lipinski definition) is 2. The third-order valence-electron chi connectivity index (χ3n) is 2.05. The van der Waals surface area contributed by atoms with Gasteiger partial charge in [-0.05, 0) is 34.1 Å². The van der Waals surface area contributed by atoms with E-state index in [9.17, 15) is 4.79 Å². The third kappa shape index (κ3) is 3.80. The standard InChI is InChI=1S/C12H20O2/c1-7-9-12(6,8-2)14-10(13)11(3,4)5/h9H,1,8H2,2-6H3. The Hall–Kier alpha value is -1.01. The molecular formula is C12H20O2. The Bertz CT molecular complexity index is 254. The van der Waals surface area contributed by atoms with Crippen LogP contribution in [-0.2, 0) is 9.53 Å². The lowest BCUT2D eigenvalue weighted by Gasteiger charge is -2.28. The molecule has 0 bridgehead atoms. The molecule has 0 aromatic rings. The number of rotatable bonds is 3. The highest BCUT2D eigenvalue weighted by atomic mass is 16.6. The summed E-state index contributed by atoms with van der Waals surface area (Å²) in [6, 6.07) is 0. The molecule has 0 fully saturated rings. The van der Waals surface area contributed by atoms with Crippen molar-refractivity contribution in [2.75, 3.05) is 0 Å². The van der Waals surface area contributed by atoms with E-state index in [4.69, 9.17) is 4.74 Å². The van der Waals surface area contributed by atoms with Crippen molar-refractivity contribution in [2.45, 2.75) is 46.6 Å². The fourth-order valence-electron chi connectivity index (χ4n) is 0.784. The zero-order chi connectivity index (χ0) is 11.4. The molecule has 80 valence electrons. The molecule has 0 aliphatic carbocycles. The van der Waals surface area contributed by atoms with Crippen molar-refractivity contribution >= 4 is 5.97 Å². The number of ether oxygens (including phenoxy) is 1. The van der Waals surface area contributed by atoms with Crippen LogP contribution in [-0.4, -0.2) is 11.6 Å². The quantitative estimate of drug-likeness (QED) is 0.512. The maximum atomic E-state index is 11.6. The van der Waals surface area contributed by atoms with Crippen LogP contribution in [0.2, 0.25) is 0 Å². The molecule has 2 nitrogen and oxygen atoms in total. The Morgan fingerprint density at radius 3 is 2.21 bits per heavy atom. The molecule has 1 atom stereocenters. The Kier molecular flexibility index (Phi) is 4.15. The highest BCUT2D eigenvalue weighted by Gasteiger charge is 2.30. The highest BCUT2D eigenvalue weighted by Crippen LogP contribution is 2.23. The van der Waals surface area contributed by atoms with Crippen molar-refractivity contribution in [1.29, 1.82) is 0 Å². The van der Waals surface area contributed by atoms with Gasteiger partial charge in [0.1, 0.15) is 5.60 Å². The fourth-order valence-corrected chi connectivity index (χ4v) is 0.784. The van der Waals surface area contributed by atoms with E-state index in [0.717, 1.165) is 6.42 Å². The van der Waals surface area contributed by atoms with Crippen molar-refractivity contribution in [3.05, 3.63) is 18.4 Å². The Balaban J connectivity index is 4.64. The summed E-state index contributed by atoms with van der Waals surface area (Å²) in [5, 5.41) is 0. The normalized spacial score (nSPS) is 15.2. The van der Waals surface area contributed by atoms with Gasteiger partial charge in [-0.2, -0.15) is 0 Å². The summed E-state index contributed by atoms with van der Waals surface area (Å²) in [6.07, 6.45) is 2.41. The van der Waals surface area contributed by atoms with E-state index in [2.05, 4.69) is 12.3 Å². The van der Waals surface area contributed by atoms with Gasteiger partial charge >= 0.3 is 5.97 Å². The first kappa shape index (κ1) is 13.0. The summed E-state index contributed by atoms with van der Waals surface area (Å²) in [7, 11) is 0. The zero-order valence-electron chi connectivity index (χ0n) is 9.81. The van der Waals surface area contributed by atoms with Crippen LogP contribution in [0.3, 0.4) is 0 Å². The fraction of sp³-hybridized carbons (Fsp3) is 0.667. The molecule has 0 spiro atoms. The minimum atomic E-state index is -0.577. The van der Waals surface area contributed by atoms with Gasteiger partial charge in [0.05, 0.1) is 5.41 Å². The van der Waals surface area contributed by atoms with Crippen molar-refractivity contribution in [1.82, 2.24) is 0 Å². The average Bonchev–Trinajstić information content (AvgIpc) is 2.03. The molecule has 0 aromatic heterocycles. The lowest BCUT2D eigenvalue weighted by molar-refractivity contribution is -0.163. The van der Waals surface area contributed by atoms with Crippen LogP contribution >= 0.6 is 0 Å². The summed E-state index contributed by atoms with van der Waals surface area (Å²) >= 11 is 0. The Morgan fingerprint density at radius 2 is 1.93 bits per heavy atom. The van der Waals surface area contributed by atoms with Gasteiger partial charge in [-0.15, -0.1) is 5.73 Å². The van der Waals surface area contributed by atoms with Crippen LogP contribution in [0.1, 0.15) is 41.0 Å². The topological polar surface area (TPSA) is 26.3 Å². The maximum absolute atomic E-state index is 11.6. The lowest BCUT2D eigenvalue weighted by Crippen LogP contribution is -2.34. The highest BCUT2D eigenvalue weighted by molar-refractivity contribution is 5.76. The van der Waals surface area contributed by atoms with Crippen LogP contribution in [0.4, 0.5) is 0 Å². The molecule has 0 saturated carbocycles. The van der Waals surface area contributed by atoms with E-state index >= 15 is 0 Å². The molecule has 0 saturated heterocycles. The van der Waals surface area contributed by atoms with E-state index < -0.39 is 11.0 Å². The molecule has 0 amide bonds. The van der Waals surface area contributed by atoms with Gasteiger partial charge in [-0.3, -0.25) is 4.79 Å². The first-order valence-corrected chi connectivity index (χ1v) is 4.85. The maximum Gasteiger partial charge on any atom is 0.312 e. The molecule has 1 unspecified atom stereocenters. The first-order valence-electron chi connectivity index (χ1n) is 4.85. The number of carbonyl (C=O) groups excluding carboxylic acids is 1. The van der Waals surface area contributed by atoms with E-state index in [1.807, 2.05) is 34.6 Å². The average molecular weight is 196 g/mol. The van der Waals surface area contributed by atoms with Crippen molar-refractivity contribution in [2.24, 2.45) is 5.41 Å². The van der Waals surface area contributed by atoms with E-state index in [1.165, 1.54) is 0 Å². The number of hydrogen-bond donors (Lipinski definition) is 0. The molecule has 0 radical (unpaired) electrons. The minimum absolute atomic E-state index is 0.201. The second-order valence-corrected chi connectivity index (χ2v) is 4.65. The van der Waals surface area contributed by atoms with Crippen LogP contribution in [0.5, 0.6) is 0 Å². The number of esters is 1. The Morgan fingerprint density at radius 1 is 1.43 bits per heavy atom. The largest absolute Gasteiger partial charge is 0.454 e. The van der Waals surface area contributed by atoms with Crippen LogP contribution < -0.4 is 0 Å². The van der Waals surface area contributed by atoms with Gasteiger partial charge < -0.3 is 4.74 Å². The summed E-state index contributed by atoms with van der Waals surface area (Å²) in [5.41, 5.74) is 1.62. The molecule has 0 aromatic carbocycles. The second-order valence-electron chi connectivity index (χ2n) is 4.65. The molecule has 0 heterocycles. The van der Waals surface area contributed by atoms with Crippen molar-refractivity contribution in [3.63, 3.8) is 0 Å². The van der Waals surface area contributed by atoms with Gasteiger partial charge in [0.15, 0.2) is 0 Å². The zero-order valence-corrected chi connectivity index (χ0v) is 9.81. The molecule has 0 aliphatic heterocycles. The molecule has 0 N–H and O–H groups in total. The van der Waals surface area contributed by atoms with E-state index in [0.29, 0.717) is 0 Å². The molecule has 0 rings (SSSR count). The molecule has 14 heavy (non-hydrogen) atoms. The van der Waals surface area contributed by atoms with Gasteiger partial charge in [-0.25, -0.2) is 0 Å². The van der Waals surface area contributed by atoms with Crippen LogP contribution in [0.15, 0.2) is 18.4 Å². The van der Waals surface area contributed by atoms with E-state index in [1.54, 1.807) is 6.08 Å². The SMILES string of the molecule is C=C=CC(C)(CC)OC(=O)C(C)(C)C. The van der Waals surface area contributed by atoms with Crippen molar-refractivity contribution < 1.29 is 9.53 Å². The monoisotopic (exact) mass is 196 g/mol. The van der Waals surface area contributed by atoms with Crippen LogP contribution in [0.25, 0.3) is 0 Å². The third-order valence-corrected chi connectivity index (χ3v) is 2.05. The van der Waals surface area contributed by atoms with Gasteiger partial charge in [0, 0.05) is 6.08 Å². The smallest absolute Gasteiger partial charge is 0.312 e. The molecule has 2 heteroatoms. The summed E-state index contributed by atoms with van der Waals surface area (Å²) in [4.78, 5) is 11.6. The summed E-state index contributed by atoms with van der Waals surface area (Å²) in [5.74, 6) is -0.201. The predicted octanol–water partition coefficient (Wildman–Crippen LogP) is 3.09. The van der Waals surface area contributed by atoms with Gasteiger partial charge in [0.25, 0.3) is 0 Å². The predicted molar refractivity (Wildman–Crippen MR) is 58.0 cm³/mol. The minimum Gasteiger partial charge on any atom is -0.454 e. The van der Waals surface area contributed by atoms with Gasteiger partial charge in [0.2, 0.25) is 0 Å². The number of carbonyl (C=O) groups is 1. The summed E-state index contributed by atoms with van der Waals surface area (Å²) in [6.45, 7) is 12.8. The second kappa shape index (κ2) is 4.47. The van der Waals surface area contributed by atoms with E-state index in [-0.39, 0.29) is 5.97 Å².